The van der Waals surface area contributed by atoms with E-state index in [0.717, 1.165) is 0 Å². The minimum absolute atomic E-state index is 0.0687. The Morgan fingerprint density at radius 2 is 2.24 bits per heavy atom. The van der Waals surface area contributed by atoms with Gasteiger partial charge in [-0.3, -0.25) is 10.1 Å². The molecule has 1 aliphatic rings. The summed E-state index contributed by atoms with van der Waals surface area (Å²) in [5, 5.41) is 11.0. The van der Waals surface area contributed by atoms with Gasteiger partial charge in [-0.2, -0.15) is 4.99 Å². The molecule has 0 aliphatic heterocycles. The fraction of sp³-hybridized carbons (Fsp3) is 0.364. The van der Waals surface area contributed by atoms with E-state index in [-0.39, 0.29) is 5.69 Å². The molecule has 6 heteroatoms. The third kappa shape index (κ3) is 1.90. The first-order valence-corrected chi connectivity index (χ1v) is 5.05. The van der Waals surface area contributed by atoms with Crippen molar-refractivity contribution < 1.29 is 14.5 Å². The number of hydrogen-bond acceptors (Lipinski definition) is 5. The summed E-state index contributed by atoms with van der Waals surface area (Å²) in [6.07, 6.45) is 2.75. The van der Waals surface area contributed by atoms with Gasteiger partial charge < -0.3 is 4.74 Å². The summed E-state index contributed by atoms with van der Waals surface area (Å²) in [5.74, 6) is 0.409. The summed E-state index contributed by atoms with van der Waals surface area (Å²) in [6, 6.07) is 4.56. The largest absolute Gasteiger partial charge is 0.497 e. The molecule has 1 aromatic carbocycles. The molecular weight excluding hydrogens is 224 g/mol. The molecule has 0 heterocycles. The number of carbonyl (C=O) groups excluding carboxylic acids is 1. The molecule has 0 bridgehead atoms. The lowest BCUT2D eigenvalue weighted by molar-refractivity contribution is -0.385. The fourth-order valence-corrected chi connectivity index (χ4v) is 1.83. The molecule has 1 saturated carbocycles. The highest BCUT2D eigenvalue weighted by molar-refractivity contribution is 5.53. The quantitative estimate of drug-likeness (QED) is 0.345. The van der Waals surface area contributed by atoms with Gasteiger partial charge in [-0.25, -0.2) is 4.79 Å². The highest BCUT2D eigenvalue weighted by Gasteiger charge is 2.48. The van der Waals surface area contributed by atoms with Gasteiger partial charge in [0.2, 0.25) is 6.08 Å². The van der Waals surface area contributed by atoms with Crippen molar-refractivity contribution in [2.75, 3.05) is 7.11 Å². The summed E-state index contributed by atoms with van der Waals surface area (Å²) >= 11 is 0. The van der Waals surface area contributed by atoms with Gasteiger partial charge in [0.15, 0.2) is 0 Å². The SMILES string of the molecule is COc1ccc(C2(N=C=O)CC2)c([N+](=O)[O-])c1. The van der Waals surface area contributed by atoms with E-state index >= 15 is 0 Å². The molecule has 1 aliphatic carbocycles. The average Bonchev–Trinajstić information content (AvgIpc) is 3.09. The van der Waals surface area contributed by atoms with Crippen molar-refractivity contribution in [1.29, 1.82) is 0 Å². The lowest BCUT2D eigenvalue weighted by Gasteiger charge is -2.09. The molecule has 2 rings (SSSR count). The molecule has 0 N–H and O–H groups in total. The highest BCUT2D eigenvalue weighted by Crippen LogP contribution is 2.52. The predicted molar refractivity (Wildman–Crippen MR) is 58.7 cm³/mol. The zero-order valence-corrected chi connectivity index (χ0v) is 9.17. The average molecular weight is 234 g/mol. The van der Waals surface area contributed by atoms with E-state index in [1.807, 2.05) is 0 Å². The molecule has 0 spiro atoms. The standard InChI is InChI=1S/C11H10N2O4/c1-17-8-2-3-9(10(6-8)13(15)16)11(4-5-11)12-7-14/h2-3,6H,4-5H2,1H3. The third-order valence-corrected chi connectivity index (χ3v) is 2.89. The number of nitrogens with zero attached hydrogens (tertiary/aromatic N) is 2. The number of nitro benzene ring substituents is 1. The number of aliphatic imine (C=N–C) groups is 1. The van der Waals surface area contributed by atoms with Crippen LogP contribution in [0.15, 0.2) is 23.2 Å². The van der Waals surface area contributed by atoms with Gasteiger partial charge in [-0.15, -0.1) is 0 Å². The second kappa shape index (κ2) is 3.99. The van der Waals surface area contributed by atoms with Crippen LogP contribution in [-0.2, 0) is 10.3 Å². The van der Waals surface area contributed by atoms with Gasteiger partial charge >= 0.3 is 0 Å². The molecule has 17 heavy (non-hydrogen) atoms. The van der Waals surface area contributed by atoms with E-state index in [2.05, 4.69) is 4.99 Å². The van der Waals surface area contributed by atoms with E-state index in [4.69, 9.17) is 4.74 Å². The number of ether oxygens (including phenoxy) is 1. The summed E-state index contributed by atoms with van der Waals surface area (Å²) in [7, 11) is 1.44. The normalized spacial score (nSPS) is 15.8. The maximum absolute atomic E-state index is 11.0. The van der Waals surface area contributed by atoms with Crippen molar-refractivity contribution in [2.45, 2.75) is 18.4 Å². The second-order valence-electron chi connectivity index (χ2n) is 3.87. The predicted octanol–water partition coefficient (Wildman–Crippen LogP) is 1.93. The van der Waals surface area contributed by atoms with Crippen LogP contribution in [-0.4, -0.2) is 18.1 Å². The van der Waals surface area contributed by atoms with Gasteiger partial charge in [0.1, 0.15) is 11.3 Å². The molecule has 0 aromatic heterocycles. The minimum atomic E-state index is -0.740. The number of isocyanates is 1. The maximum Gasteiger partial charge on any atom is 0.278 e. The molecule has 1 fully saturated rings. The number of rotatable bonds is 4. The lowest BCUT2D eigenvalue weighted by atomic mass is 10.0. The summed E-state index contributed by atoms with van der Waals surface area (Å²) in [5.41, 5.74) is -0.358. The van der Waals surface area contributed by atoms with Crippen LogP contribution in [0, 0.1) is 10.1 Å². The van der Waals surface area contributed by atoms with Crippen molar-refractivity contribution in [1.82, 2.24) is 0 Å². The van der Waals surface area contributed by atoms with E-state index in [9.17, 15) is 14.9 Å². The smallest absolute Gasteiger partial charge is 0.278 e. The first kappa shape index (κ1) is 11.3. The Hall–Kier alpha value is -2.20. The van der Waals surface area contributed by atoms with Crippen LogP contribution in [0.5, 0.6) is 5.75 Å². The van der Waals surface area contributed by atoms with Crippen LogP contribution < -0.4 is 4.74 Å². The summed E-state index contributed by atoms with van der Waals surface area (Å²) in [4.78, 5) is 24.5. The Morgan fingerprint density at radius 3 is 2.71 bits per heavy atom. The lowest BCUT2D eigenvalue weighted by Crippen LogP contribution is -2.06. The Bertz CT molecular complexity index is 516. The van der Waals surface area contributed by atoms with E-state index in [0.29, 0.717) is 24.2 Å². The number of hydrogen-bond donors (Lipinski definition) is 0. The Morgan fingerprint density at radius 1 is 1.53 bits per heavy atom. The molecule has 0 unspecified atom stereocenters. The van der Waals surface area contributed by atoms with Crippen molar-refractivity contribution in [3.05, 3.63) is 33.9 Å². The Balaban J connectivity index is 2.54. The van der Waals surface area contributed by atoms with Crippen LogP contribution in [0.3, 0.4) is 0 Å². The van der Waals surface area contributed by atoms with Crippen molar-refractivity contribution in [3.8, 4) is 5.75 Å². The van der Waals surface area contributed by atoms with E-state index in [1.54, 1.807) is 12.1 Å². The number of benzene rings is 1. The van der Waals surface area contributed by atoms with Gasteiger partial charge in [-0.05, 0) is 25.0 Å². The van der Waals surface area contributed by atoms with Crippen LogP contribution in [0.1, 0.15) is 18.4 Å². The van der Waals surface area contributed by atoms with Crippen molar-refractivity contribution in [2.24, 2.45) is 4.99 Å². The summed E-state index contributed by atoms with van der Waals surface area (Å²) < 4.78 is 4.94. The third-order valence-electron chi connectivity index (χ3n) is 2.89. The topological polar surface area (TPSA) is 81.8 Å². The second-order valence-corrected chi connectivity index (χ2v) is 3.87. The molecule has 6 nitrogen and oxygen atoms in total. The van der Waals surface area contributed by atoms with Gasteiger partial charge in [-0.1, -0.05) is 0 Å². The van der Waals surface area contributed by atoms with Crippen LogP contribution in [0.2, 0.25) is 0 Å². The Kier molecular flexibility index (Phi) is 2.65. The van der Waals surface area contributed by atoms with Gasteiger partial charge in [0, 0.05) is 0 Å². The zero-order valence-electron chi connectivity index (χ0n) is 9.17. The monoisotopic (exact) mass is 234 g/mol. The molecular formula is C11H10N2O4. The Labute approximate surface area is 97.1 Å². The maximum atomic E-state index is 11.0. The van der Waals surface area contributed by atoms with Crippen molar-refractivity contribution >= 4 is 11.8 Å². The molecule has 0 saturated heterocycles. The fourth-order valence-electron chi connectivity index (χ4n) is 1.83. The van der Waals surface area contributed by atoms with Crippen molar-refractivity contribution in [3.63, 3.8) is 0 Å². The molecule has 0 atom stereocenters. The van der Waals surface area contributed by atoms with Crippen LogP contribution in [0.25, 0.3) is 0 Å². The minimum Gasteiger partial charge on any atom is -0.497 e. The van der Waals surface area contributed by atoms with Gasteiger partial charge in [0.25, 0.3) is 5.69 Å². The molecule has 0 radical (unpaired) electrons. The highest BCUT2D eigenvalue weighted by atomic mass is 16.6. The number of nitro groups is 1. The summed E-state index contributed by atoms with van der Waals surface area (Å²) in [6.45, 7) is 0. The molecule has 0 amide bonds. The number of methoxy groups -OCH3 is 1. The first-order valence-electron chi connectivity index (χ1n) is 5.05. The van der Waals surface area contributed by atoms with Crippen LogP contribution >= 0.6 is 0 Å². The van der Waals surface area contributed by atoms with E-state index in [1.165, 1.54) is 19.3 Å². The zero-order chi connectivity index (χ0) is 12.5. The van der Waals surface area contributed by atoms with Gasteiger partial charge in [0.05, 0.1) is 23.7 Å². The van der Waals surface area contributed by atoms with Crippen LogP contribution in [0.4, 0.5) is 5.69 Å². The molecule has 88 valence electrons. The molecule has 1 aromatic rings. The first-order chi connectivity index (χ1) is 8.13. The van der Waals surface area contributed by atoms with E-state index < -0.39 is 10.5 Å².